The second-order valence-corrected chi connectivity index (χ2v) is 10.2. The number of hydrogen-bond donors (Lipinski definition) is 1. The minimum absolute atomic E-state index is 0.0563. The number of alkyl halides is 3. The van der Waals surface area contributed by atoms with Crippen LogP contribution in [-0.4, -0.2) is 46.7 Å². The summed E-state index contributed by atoms with van der Waals surface area (Å²) in [7, 11) is -4.09. The third kappa shape index (κ3) is 4.98. The van der Waals surface area contributed by atoms with Gasteiger partial charge >= 0.3 is 6.18 Å². The molecule has 0 saturated heterocycles. The number of anilines is 1. The summed E-state index contributed by atoms with van der Waals surface area (Å²) in [6, 6.07) is 10.3. The summed E-state index contributed by atoms with van der Waals surface area (Å²) in [6.07, 6.45) is -4.18. The van der Waals surface area contributed by atoms with Gasteiger partial charge in [0.15, 0.2) is 0 Å². The molecule has 0 radical (unpaired) electrons. The Kier molecular flexibility index (Phi) is 6.34. The van der Waals surface area contributed by atoms with Gasteiger partial charge in [-0.3, -0.25) is 9.29 Å². The van der Waals surface area contributed by atoms with Crippen LogP contribution in [0.3, 0.4) is 0 Å². The van der Waals surface area contributed by atoms with E-state index in [1.807, 2.05) is 31.2 Å². The number of thiophene rings is 1. The van der Waals surface area contributed by atoms with Crippen molar-refractivity contribution in [2.24, 2.45) is 0 Å². The summed E-state index contributed by atoms with van der Waals surface area (Å²) >= 11 is 1.29. The number of hydrogen-bond acceptors (Lipinski definition) is 7. The van der Waals surface area contributed by atoms with Crippen LogP contribution in [0.25, 0.3) is 21.6 Å². The van der Waals surface area contributed by atoms with Crippen LogP contribution in [0.4, 0.5) is 18.2 Å². The Balaban J connectivity index is 1.68. The van der Waals surface area contributed by atoms with Crippen molar-refractivity contribution >= 4 is 36.4 Å². The number of H-pyrrole nitrogens is 1. The van der Waals surface area contributed by atoms with E-state index in [0.29, 0.717) is 10.7 Å². The molecule has 0 atom stereocenters. The quantitative estimate of drug-likeness (QED) is 0.354. The van der Waals surface area contributed by atoms with Crippen LogP contribution in [-0.2, 0) is 10.0 Å². The Morgan fingerprint density at radius 1 is 1.12 bits per heavy atom. The molecule has 3 heterocycles. The van der Waals surface area contributed by atoms with Gasteiger partial charge in [-0.25, -0.2) is 8.42 Å². The van der Waals surface area contributed by atoms with Crippen LogP contribution in [0, 0.1) is 6.92 Å². The van der Waals surface area contributed by atoms with E-state index in [2.05, 4.69) is 25.6 Å². The van der Waals surface area contributed by atoms with Crippen molar-refractivity contribution in [3.8, 4) is 11.5 Å². The zero-order valence-corrected chi connectivity index (χ0v) is 19.0. The van der Waals surface area contributed by atoms with Crippen molar-refractivity contribution in [1.29, 1.82) is 0 Å². The Bertz CT molecular complexity index is 1340. The van der Waals surface area contributed by atoms with Gasteiger partial charge in [-0.15, -0.1) is 21.5 Å². The third-order valence-electron chi connectivity index (χ3n) is 5.02. The van der Waals surface area contributed by atoms with Crippen LogP contribution >= 0.6 is 11.3 Å². The lowest BCUT2D eigenvalue weighted by Crippen LogP contribution is -2.32. The summed E-state index contributed by atoms with van der Waals surface area (Å²) in [6.45, 7) is 1.72. The molecule has 33 heavy (non-hydrogen) atoms. The molecule has 0 fully saturated rings. The zero-order valence-electron chi connectivity index (χ0n) is 17.4. The normalized spacial score (nSPS) is 12.4. The molecule has 8 nitrogen and oxygen atoms in total. The summed E-state index contributed by atoms with van der Waals surface area (Å²) in [5.74, 6) is 0.211. The number of rotatable bonds is 8. The number of fused-ring (bicyclic) bond motifs is 1. The number of aromatic amines is 1. The average Bonchev–Trinajstić information content (AvgIpc) is 3.42. The Morgan fingerprint density at radius 3 is 2.55 bits per heavy atom. The van der Waals surface area contributed by atoms with E-state index < -0.39 is 22.6 Å². The number of halogens is 3. The average molecular weight is 497 g/mol. The van der Waals surface area contributed by atoms with E-state index in [4.69, 9.17) is 0 Å². The van der Waals surface area contributed by atoms with E-state index in [0.717, 1.165) is 15.6 Å². The van der Waals surface area contributed by atoms with Crippen LogP contribution in [0.2, 0.25) is 0 Å². The Hall–Kier alpha value is -3.06. The van der Waals surface area contributed by atoms with Crippen molar-refractivity contribution in [3.05, 3.63) is 48.2 Å². The number of nitrogens with zero attached hydrogens (tertiary/aromatic N) is 5. The largest absolute Gasteiger partial charge is 0.389 e. The number of unbranched alkanes of at least 4 members (excludes halogenated alkanes) is 1. The predicted molar refractivity (Wildman–Crippen MR) is 118 cm³/mol. The Labute approximate surface area is 191 Å². The topological polar surface area (TPSA) is 105 Å². The molecule has 174 valence electrons. The van der Waals surface area contributed by atoms with Crippen molar-refractivity contribution in [2.45, 2.75) is 37.3 Å². The molecule has 1 aromatic carbocycles. The van der Waals surface area contributed by atoms with E-state index in [1.165, 1.54) is 34.0 Å². The number of sulfonamides is 1. The first-order valence-electron chi connectivity index (χ1n) is 9.94. The van der Waals surface area contributed by atoms with Crippen LogP contribution in [0.1, 0.15) is 24.8 Å². The van der Waals surface area contributed by atoms with Gasteiger partial charge < -0.3 is 0 Å². The molecule has 0 bridgehead atoms. The molecule has 0 saturated carbocycles. The summed E-state index contributed by atoms with van der Waals surface area (Å²) in [5, 5.41) is 14.7. The van der Waals surface area contributed by atoms with Gasteiger partial charge in [-0.05, 0) is 54.1 Å². The lowest BCUT2D eigenvalue weighted by atomic mass is 10.2. The first-order valence-corrected chi connectivity index (χ1v) is 12.2. The third-order valence-corrected chi connectivity index (χ3v) is 8.21. The summed E-state index contributed by atoms with van der Waals surface area (Å²) < 4.78 is 67.0. The molecule has 0 aliphatic heterocycles. The fraction of sp³-hybridized carbons (Fsp3) is 0.300. The molecule has 4 aromatic rings. The van der Waals surface area contributed by atoms with Crippen molar-refractivity contribution in [1.82, 2.24) is 25.6 Å². The highest BCUT2D eigenvalue weighted by Gasteiger charge is 2.30. The van der Waals surface area contributed by atoms with Crippen LogP contribution in [0.5, 0.6) is 0 Å². The van der Waals surface area contributed by atoms with Gasteiger partial charge in [0.05, 0.1) is 0 Å². The van der Waals surface area contributed by atoms with Gasteiger partial charge in [0.25, 0.3) is 10.0 Å². The molecule has 0 spiro atoms. The zero-order chi connectivity index (χ0) is 23.6. The van der Waals surface area contributed by atoms with Gasteiger partial charge in [0.1, 0.15) is 15.6 Å². The second-order valence-electron chi connectivity index (χ2n) is 7.29. The number of pyridine rings is 1. The van der Waals surface area contributed by atoms with E-state index >= 15 is 0 Å². The molecule has 0 unspecified atom stereocenters. The van der Waals surface area contributed by atoms with Crippen molar-refractivity contribution in [2.75, 3.05) is 10.8 Å². The van der Waals surface area contributed by atoms with Crippen LogP contribution < -0.4 is 4.31 Å². The monoisotopic (exact) mass is 496 g/mol. The molecule has 0 aliphatic carbocycles. The lowest BCUT2D eigenvalue weighted by molar-refractivity contribution is -0.135. The smallest absolute Gasteiger partial charge is 0.257 e. The maximum absolute atomic E-state index is 13.6. The molecule has 1 N–H and O–H groups in total. The number of aromatic nitrogens is 5. The van der Waals surface area contributed by atoms with Crippen molar-refractivity contribution < 1.29 is 21.6 Å². The van der Waals surface area contributed by atoms with Gasteiger partial charge in [0, 0.05) is 23.9 Å². The molecular weight excluding hydrogens is 477 g/mol. The predicted octanol–water partition coefficient (Wildman–Crippen LogP) is 4.71. The first-order chi connectivity index (χ1) is 15.7. The van der Waals surface area contributed by atoms with Crippen molar-refractivity contribution in [3.63, 3.8) is 0 Å². The van der Waals surface area contributed by atoms with Crippen LogP contribution in [0.15, 0.2) is 47.5 Å². The first kappa shape index (κ1) is 23.1. The number of benzene rings is 1. The maximum Gasteiger partial charge on any atom is 0.389 e. The number of tetrazole rings is 1. The van der Waals surface area contributed by atoms with Gasteiger partial charge in [-0.1, -0.05) is 18.2 Å². The van der Waals surface area contributed by atoms with Gasteiger partial charge in [-0.2, -0.15) is 18.4 Å². The van der Waals surface area contributed by atoms with E-state index in [-0.39, 0.29) is 30.1 Å². The molecule has 13 heteroatoms. The molecule has 3 aromatic heterocycles. The summed E-state index contributed by atoms with van der Waals surface area (Å²) in [5.41, 5.74) is 1.09. The van der Waals surface area contributed by atoms with E-state index in [9.17, 15) is 21.6 Å². The highest BCUT2D eigenvalue weighted by Crippen LogP contribution is 2.40. The number of nitrogens with one attached hydrogen (secondary N) is 1. The van der Waals surface area contributed by atoms with Gasteiger partial charge in [0.2, 0.25) is 5.82 Å². The minimum Gasteiger partial charge on any atom is -0.257 e. The standard InChI is InChI=1S/C20H19F3N6O2S2/c1-13-15-6-2-3-7-17(15)32-19(13)29(11-5-4-10-20(21,22)23)33(30,31)14-8-9-16(24-12-14)18-25-27-28-26-18/h2-3,6-9,12H,4-5,10-11H2,1H3,(H,25,26,27,28). The lowest BCUT2D eigenvalue weighted by Gasteiger charge is -2.24. The fourth-order valence-corrected chi connectivity index (χ4v) is 6.33. The maximum atomic E-state index is 13.6. The molecule has 0 amide bonds. The highest BCUT2D eigenvalue weighted by atomic mass is 32.2. The minimum atomic E-state index is -4.29. The highest BCUT2D eigenvalue weighted by molar-refractivity contribution is 7.93. The SMILES string of the molecule is Cc1c(N(CCCCC(F)(F)F)S(=O)(=O)c2ccc(-c3nn[nH]n3)nc2)sc2ccccc12. The molecule has 0 aliphatic rings. The molecule has 4 rings (SSSR count). The summed E-state index contributed by atoms with van der Waals surface area (Å²) in [4.78, 5) is 4.04. The fourth-order valence-electron chi connectivity index (χ4n) is 3.37. The second kappa shape index (κ2) is 9.06. The molecular formula is C20H19F3N6O2S2. The Morgan fingerprint density at radius 2 is 1.91 bits per heavy atom. The number of aryl methyl sites for hydroxylation is 1. The van der Waals surface area contributed by atoms with E-state index in [1.54, 1.807) is 0 Å².